The number of hydrogen-bond acceptors (Lipinski definition) is 0. The fourth-order valence-electron chi connectivity index (χ4n) is 3.87. The van der Waals surface area contributed by atoms with E-state index in [9.17, 15) is 0 Å². The van der Waals surface area contributed by atoms with Crippen molar-refractivity contribution in [2.75, 3.05) is 0 Å². The monoisotopic (exact) mass is 307 g/mol. The van der Waals surface area contributed by atoms with E-state index < -0.39 is 0 Å². The van der Waals surface area contributed by atoms with E-state index in [2.05, 4.69) is 6.92 Å². The Morgan fingerprint density at radius 2 is 0.909 bits per heavy atom. The van der Waals surface area contributed by atoms with Gasteiger partial charge in [-0.25, -0.2) is 0 Å². The van der Waals surface area contributed by atoms with Crippen LogP contribution in [0, 0.1) is 5.92 Å². The first-order valence-electron chi connectivity index (χ1n) is 10.8. The number of hydrogen-bond donors (Lipinski definition) is 0. The minimum absolute atomic E-state index is 1.37. The third-order valence-electron chi connectivity index (χ3n) is 5.44. The van der Waals surface area contributed by atoms with Crippen LogP contribution in [0.15, 0.2) is 0 Å². The normalized spacial score (nSPS) is 16.8. The van der Waals surface area contributed by atoms with E-state index in [0.29, 0.717) is 0 Å². The first-order valence-corrected chi connectivity index (χ1v) is 10.8. The molecule has 0 N–H and O–H groups in total. The fourth-order valence-corrected chi connectivity index (χ4v) is 3.87. The minimum Gasteiger partial charge on any atom is -0.0654 e. The summed E-state index contributed by atoms with van der Waals surface area (Å²) in [6.07, 6.45) is 29.5. The topological polar surface area (TPSA) is 0 Å². The Morgan fingerprint density at radius 1 is 0.500 bits per heavy atom. The summed E-state index contributed by atoms with van der Waals surface area (Å²) < 4.78 is 0. The second-order valence-corrected chi connectivity index (χ2v) is 7.66. The van der Waals surface area contributed by atoms with E-state index in [1.807, 2.05) is 5.92 Å². The van der Waals surface area contributed by atoms with Crippen molar-refractivity contribution in [2.24, 2.45) is 0 Å². The Bertz CT molecular complexity index is 200. The quantitative estimate of drug-likeness (QED) is 0.223. The van der Waals surface area contributed by atoms with Crippen LogP contribution in [0.1, 0.15) is 135 Å². The fraction of sp³-hybridized carbons (Fsp3) is 0.955. The van der Waals surface area contributed by atoms with Crippen LogP contribution in [0.4, 0.5) is 0 Å². The largest absolute Gasteiger partial charge is 0.0654 e. The molecular weight excluding hydrogens is 264 g/mol. The lowest BCUT2D eigenvalue weighted by Crippen LogP contribution is -1.95. The van der Waals surface area contributed by atoms with Crippen LogP contribution in [0.3, 0.4) is 0 Å². The van der Waals surface area contributed by atoms with Crippen molar-refractivity contribution in [3.63, 3.8) is 0 Å². The van der Waals surface area contributed by atoms with Crippen LogP contribution in [-0.2, 0) is 0 Å². The Kier molecular flexibility index (Phi) is 14.5. The molecule has 1 aliphatic carbocycles. The van der Waals surface area contributed by atoms with Crippen molar-refractivity contribution in [1.29, 1.82) is 0 Å². The lowest BCUT2D eigenvalue weighted by Gasteiger charge is -2.12. The zero-order valence-corrected chi connectivity index (χ0v) is 15.6. The van der Waals surface area contributed by atoms with Crippen LogP contribution in [0.5, 0.6) is 0 Å². The highest BCUT2D eigenvalue weighted by molar-refractivity contribution is 4.90. The molecule has 0 amide bonds. The molecule has 22 heavy (non-hydrogen) atoms. The molecule has 0 nitrogen and oxygen atoms in total. The van der Waals surface area contributed by atoms with Crippen molar-refractivity contribution < 1.29 is 0 Å². The molecule has 0 unspecified atom stereocenters. The predicted molar refractivity (Wildman–Crippen MR) is 101 cm³/mol. The summed E-state index contributed by atoms with van der Waals surface area (Å²) in [5, 5.41) is 0. The molecule has 1 aliphatic rings. The van der Waals surface area contributed by atoms with Crippen LogP contribution in [-0.4, -0.2) is 0 Å². The molecule has 0 aromatic rings. The molecule has 1 rings (SSSR count). The summed E-state index contributed by atoms with van der Waals surface area (Å²) in [7, 11) is 0. The van der Waals surface area contributed by atoms with E-state index in [1.165, 1.54) is 128 Å². The van der Waals surface area contributed by atoms with Gasteiger partial charge >= 0.3 is 0 Å². The van der Waals surface area contributed by atoms with Crippen molar-refractivity contribution in [3.8, 4) is 0 Å². The second-order valence-electron chi connectivity index (χ2n) is 7.66. The highest BCUT2D eigenvalue weighted by Crippen LogP contribution is 2.29. The van der Waals surface area contributed by atoms with Crippen molar-refractivity contribution in [1.82, 2.24) is 0 Å². The van der Waals surface area contributed by atoms with Gasteiger partial charge in [0.1, 0.15) is 0 Å². The smallest absolute Gasteiger partial charge is 0.0241 e. The minimum atomic E-state index is 1.37. The molecule has 0 spiro atoms. The van der Waals surface area contributed by atoms with E-state index in [-0.39, 0.29) is 0 Å². The van der Waals surface area contributed by atoms with Crippen LogP contribution in [0.25, 0.3) is 0 Å². The lowest BCUT2D eigenvalue weighted by molar-refractivity contribution is 0.530. The molecule has 1 fully saturated rings. The van der Waals surface area contributed by atoms with Crippen molar-refractivity contribution in [3.05, 3.63) is 5.92 Å². The van der Waals surface area contributed by atoms with Gasteiger partial charge in [-0.3, -0.25) is 0 Å². The van der Waals surface area contributed by atoms with Gasteiger partial charge < -0.3 is 0 Å². The van der Waals surface area contributed by atoms with Gasteiger partial charge in [-0.2, -0.15) is 0 Å². The Morgan fingerprint density at radius 3 is 1.36 bits per heavy atom. The molecule has 1 saturated carbocycles. The van der Waals surface area contributed by atoms with Gasteiger partial charge in [0.05, 0.1) is 0 Å². The van der Waals surface area contributed by atoms with Gasteiger partial charge in [0.25, 0.3) is 0 Å². The van der Waals surface area contributed by atoms with Gasteiger partial charge in [0.15, 0.2) is 0 Å². The third-order valence-corrected chi connectivity index (χ3v) is 5.44. The first-order chi connectivity index (χ1) is 10.9. The molecule has 0 aromatic carbocycles. The van der Waals surface area contributed by atoms with Gasteiger partial charge in [0, 0.05) is 0 Å². The van der Waals surface area contributed by atoms with Gasteiger partial charge in [-0.15, -0.1) is 0 Å². The maximum Gasteiger partial charge on any atom is -0.0241 e. The molecule has 1 radical (unpaired) electrons. The standard InChI is InChI=1S/C22H43/c1-2-3-4-5-6-7-8-9-10-11-12-13-16-19-22-20-17-14-15-18-21-22/h2-21H2,1H3. The third kappa shape index (κ3) is 12.5. The molecule has 0 bridgehead atoms. The summed E-state index contributed by atoms with van der Waals surface area (Å²) in [5.41, 5.74) is 0. The van der Waals surface area contributed by atoms with Gasteiger partial charge in [-0.1, -0.05) is 116 Å². The summed E-state index contributed by atoms with van der Waals surface area (Å²) in [4.78, 5) is 0. The van der Waals surface area contributed by atoms with E-state index in [1.54, 1.807) is 0 Å². The van der Waals surface area contributed by atoms with Gasteiger partial charge in [-0.05, 0) is 25.2 Å². The van der Waals surface area contributed by atoms with Crippen molar-refractivity contribution in [2.45, 2.75) is 135 Å². The molecule has 0 aromatic heterocycles. The first kappa shape index (κ1) is 20.0. The Hall–Kier alpha value is 0. The molecule has 0 heterocycles. The zero-order chi connectivity index (χ0) is 15.7. The van der Waals surface area contributed by atoms with Crippen molar-refractivity contribution >= 4 is 0 Å². The zero-order valence-electron chi connectivity index (χ0n) is 15.6. The summed E-state index contributed by atoms with van der Waals surface area (Å²) in [5.74, 6) is 1.90. The molecular formula is C22H43. The molecule has 0 heteroatoms. The average molecular weight is 308 g/mol. The van der Waals surface area contributed by atoms with Gasteiger partial charge in [0.2, 0.25) is 0 Å². The predicted octanol–water partition coefficient (Wildman–Crippen LogP) is 8.40. The molecule has 0 atom stereocenters. The maximum atomic E-state index is 2.30. The molecule has 0 aliphatic heterocycles. The van der Waals surface area contributed by atoms with Crippen LogP contribution < -0.4 is 0 Å². The summed E-state index contributed by atoms with van der Waals surface area (Å²) in [6.45, 7) is 2.30. The van der Waals surface area contributed by atoms with Crippen LogP contribution >= 0.6 is 0 Å². The average Bonchev–Trinajstić information content (AvgIpc) is 2.80. The second kappa shape index (κ2) is 15.9. The van der Waals surface area contributed by atoms with E-state index >= 15 is 0 Å². The molecule has 131 valence electrons. The Balaban J connectivity index is 1.72. The highest BCUT2D eigenvalue weighted by Gasteiger charge is 2.11. The highest BCUT2D eigenvalue weighted by atomic mass is 14.2. The summed E-state index contributed by atoms with van der Waals surface area (Å²) in [6, 6.07) is 0. The maximum absolute atomic E-state index is 2.30. The Labute approximate surface area is 141 Å². The summed E-state index contributed by atoms with van der Waals surface area (Å²) >= 11 is 0. The van der Waals surface area contributed by atoms with Crippen LogP contribution in [0.2, 0.25) is 0 Å². The number of rotatable bonds is 14. The van der Waals surface area contributed by atoms with E-state index in [4.69, 9.17) is 0 Å². The lowest BCUT2D eigenvalue weighted by atomic mass is 9.93. The van der Waals surface area contributed by atoms with E-state index in [0.717, 1.165) is 0 Å². The molecule has 0 saturated heterocycles. The SMILES string of the molecule is CCCCCCCCCCCCCCC[C]1CCCCCC1. The number of unbranched alkanes of at least 4 members (excludes halogenated alkanes) is 12.